The monoisotopic (exact) mass is 434 g/mol. The molecule has 2 heterocycles. The van der Waals surface area contributed by atoms with Gasteiger partial charge in [0.1, 0.15) is 0 Å². The number of aryl methyl sites for hydroxylation is 1. The Labute approximate surface area is 189 Å². The Balaban J connectivity index is 1.55. The first-order chi connectivity index (χ1) is 15.6. The molecule has 1 fully saturated rings. The normalized spacial score (nSPS) is 19.4. The number of hydrogen-bond acceptors (Lipinski definition) is 5. The average Bonchev–Trinajstić information content (AvgIpc) is 2.80. The van der Waals surface area contributed by atoms with Gasteiger partial charge in [-0.2, -0.15) is 0 Å². The number of carbonyl (C=O) groups excluding carboxylic acids is 2. The standard InChI is InChI=1S/C25H30N4O3/c1-3-32-24(30)22-20(26-25(31)27-23(22)19-10-5-4-6-11-19)17-28-13-15-29(16-14-28)21-12-8-7-9-18(21)2/h4-12,23H,3,13-17H2,1-2H3,(H2,26,27,31). The van der Waals surface area contributed by atoms with Crippen LogP contribution in [0.15, 0.2) is 65.9 Å². The van der Waals surface area contributed by atoms with Gasteiger partial charge < -0.3 is 20.3 Å². The molecule has 7 nitrogen and oxygen atoms in total. The predicted molar refractivity (Wildman–Crippen MR) is 124 cm³/mol. The second-order valence-corrected chi connectivity index (χ2v) is 8.10. The average molecular weight is 435 g/mol. The molecule has 7 heteroatoms. The smallest absolute Gasteiger partial charge is 0.338 e. The first-order valence-corrected chi connectivity index (χ1v) is 11.1. The van der Waals surface area contributed by atoms with Crippen molar-refractivity contribution in [1.29, 1.82) is 0 Å². The van der Waals surface area contributed by atoms with Crippen LogP contribution < -0.4 is 15.5 Å². The van der Waals surface area contributed by atoms with Crippen molar-refractivity contribution < 1.29 is 14.3 Å². The van der Waals surface area contributed by atoms with E-state index in [1.54, 1.807) is 6.92 Å². The molecule has 0 aliphatic carbocycles. The largest absolute Gasteiger partial charge is 0.463 e. The summed E-state index contributed by atoms with van der Waals surface area (Å²) in [5.41, 5.74) is 4.47. The summed E-state index contributed by atoms with van der Waals surface area (Å²) in [4.78, 5) is 30.0. The van der Waals surface area contributed by atoms with E-state index in [-0.39, 0.29) is 12.6 Å². The van der Waals surface area contributed by atoms with Crippen molar-refractivity contribution in [3.63, 3.8) is 0 Å². The molecule has 0 saturated carbocycles. The molecule has 168 valence electrons. The molecule has 0 bridgehead atoms. The van der Waals surface area contributed by atoms with Crippen LogP contribution in [0.1, 0.15) is 24.1 Å². The zero-order valence-electron chi connectivity index (χ0n) is 18.6. The minimum absolute atomic E-state index is 0.278. The highest BCUT2D eigenvalue weighted by Gasteiger charge is 2.34. The highest BCUT2D eigenvalue weighted by atomic mass is 16.5. The lowest BCUT2D eigenvalue weighted by molar-refractivity contribution is -0.139. The first-order valence-electron chi connectivity index (χ1n) is 11.1. The van der Waals surface area contributed by atoms with Crippen LogP contribution in [-0.2, 0) is 9.53 Å². The summed E-state index contributed by atoms with van der Waals surface area (Å²) in [5, 5.41) is 5.77. The van der Waals surface area contributed by atoms with Crippen LogP contribution in [0, 0.1) is 6.92 Å². The number of anilines is 1. The molecular formula is C25H30N4O3. The zero-order chi connectivity index (χ0) is 22.5. The minimum Gasteiger partial charge on any atom is -0.463 e. The van der Waals surface area contributed by atoms with Crippen LogP contribution in [0.3, 0.4) is 0 Å². The summed E-state index contributed by atoms with van der Waals surface area (Å²) in [6.07, 6.45) is 0. The molecule has 1 atom stereocenters. The number of rotatable bonds is 6. The van der Waals surface area contributed by atoms with Crippen molar-refractivity contribution in [1.82, 2.24) is 15.5 Å². The molecule has 4 rings (SSSR count). The number of piperazine rings is 1. The van der Waals surface area contributed by atoms with Crippen molar-refractivity contribution in [2.75, 3.05) is 44.2 Å². The summed E-state index contributed by atoms with van der Waals surface area (Å²) in [5.74, 6) is -0.401. The Bertz CT molecular complexity index is 997. The number of amides is 2. The first kappa shape index (κ1) is 21.9. The fourth-order valence-electron chi connectivity index (χ4n) is 4.38. The molecule has 1 unspecified atom stereocenters. The van der Waals surface area contributed by atoms with E-state index in [2.05, 4.69) is 51.6 Å². The van der Waals surface area contributed by atoms with Crippen molar-refractivity contribution in [3.05, 3.63) is 77.0 Å². The summed E-state index contributed by atoms with van der Waals surface area (Å²) in [6.45, 7) is 8.15. The number of benzene rings is 2. The van der Waals surface area contributed by atoms with E-state index in [1.165, 1.54) is 11.3 Å². The quantitative estimate of drug-likeness (QED) is 0.684. The van der Waals surface area contributed by atoms with Crippen LogP contribution in [0.5, 0.6) is 0 Å². The zero-order valence-corrected chi connectivity index (χ0v) is 18.6. The lowest BCUT2D eigenvalue weighted by Crippen LogP contribution is -2.52. The van der Waals surface area contributed by atoms with E-state index in [4.69, 9.17) is 4.74 Å². The minimum atomic E-state index is -0.535. The number of hydrogen-bond donors (Lipinski definition) is 2. The molecule has 2 N–H and O–H groups in total. The highest BCUT2D eigenvalue weighted by Crippen LogP contribution is 2.28. The third-order valence-electron chi connectivity index (χ3n) is 5.99. The van der Waals surface area contributed by atoms with Crippen LogP contribution in [-0.4, -0.2) is 56.2 Å². The van der Waals surface area contributed by atoms with Gasteiger partial charge in [0.25, 0.3) is 0 Å². The summed E-state index contributed by atoms with van der Waals surface area (Å²) >= 11 is 0. The predicted octanol–water partition coefficient (Wildman–Crippen LogP) is 2.99. The molecule has 2 aromatic carbocycles. The molecule has 2 aliphatic rings. The van der Waals surface area contributed by atoms with Gasteiger partial charge in [-0.15, -0.1) is 0 Å². The van der Waals surface area contributed by atoms with E-state index in [9.17, 15) is 9.59 Å². The van der Waals surface area contributed by atoms with Crippen molar-refractivity contribution in [2.45, 2.75) is 19.9 Å². The summed E-state index contributed by atoms with van der Waals surface area (Å²) in [7, 11) is 0. The van der Waals surface area contributed by atoms with E-state index in [0.29, 0.717) is 17.8 Å². The number of nitrogens with zero attached hydrogens (tertiary/aromatic N) is 2. The maximum atomic E-state index is 12.9. The summed E-state index contributed by atoms with van der Waals surface area (Å²) in [6, 6.07) is 17.1. The van der Waals surface area contributed by atoms with Crippen molar-refractivity contribution in [2.24, 2.45) is 0 Å². The lowest BCUT2D eigenvalue weighted by Gasteiger charge is -2.38. The Morgan fingerprint density at radius 1 is 1.03 bits per heavy atom. The van der Waals surface area contributed by atoms with Gasteiger partial charge >= 0.3 is 12.0 Å². The van der Waals surface area contributed by atoms with Gasteiger partial charge in [0.05, 0.1) is 18.2 Å². The Hall–Kier alpha value is -3.32. The highest BCUT2D eigenvalue weighted by molar-refractivity contribution is 5.95. The maximum Gasteiger partial charge on any atom is 0.338 e. The molecule has 2 aromatic rings. The van der Waals surface area contributed by atoms with Crippen LogP contribution >= 0.6 is 0 Å². The lowest BCUT2D eigenvalue weighted by atomic mass is 9.95. The van der Waals surface area contributed by atoms with Gasteiger partial charge in [-0.3, -0.25) is 4.90 Å². The molecule has 2 aliphatic heterocycles. The number of urea groups is 1. The molecule has 0 radical (unpaired) electrons. The second-order valence-electron chi connectivity index (χ2n) is 8.10. The molecule has 1 saturated heterocycles. The van der Waals surface area contributed by atoms with E-state index in [0.717, 1.165) is 31.7 Å². The van der Waals surface area contributed by atoms with E-state index in [1.807, 2.05) is 30.3 Å². The molecule has 2 amide bonds. The number of nitrogens with one attached hydrogen (secondary N) is 2. The van der Waals surface area contributed by atoms with E-state index >= 15 is 0 Å². The third-order valence-corrected chi connectivity index (χ3v) is 5.99. The van der Waals surface area contributed by atoms with Gasteiger partial charge in [-0.1, -0.05) is 48.5 Å². The topological polar surface area (TPSA) is 73.9 Å². The molecule has 32 heavy (non-hydrogen) atoms. The number of ether oxygens (including phenoxy) is 1. The van der Waals surface area contributed by atoms with Gasteiger partial charge in [0.2, 0.25) is 0 Å². The summed E-state index contributed by atoms with van der Waals surface area (Å²) < 4.78 is 5.36. The number of carbonyl (C=O) groups is 2. The molecule has 0 aromatic heterocycles. The molecular weight excluding hydrogens is 404 g/mol. The van der Waals surface area contributed by atoms with Gasteiger partial charge in [-0.25, -0.2) is 9.59 Å². The van der Waals surface area contributed by atoms with Gasteiger partial charge in [0.15, 0.2) is 0 Å². The molecule has 0 spiro atoms. The van der Waals surface area contributed by atoms with Gasteiger partial charge in [0, 0.05) is 44.1 Å². The fraction of sp³-hybridized carbons (Fsp3) is 0.360. The van der Waals surface area contributed by atoms with Crippen LogP contribution in [0.2, 0.25) is 0 Å². The SMILES string of the molecule is CCOC(=O)C1=C(CN2CCN(c3ccccc3C)CC2)NC(=O)NC1c1ccccc1. The Morgan fingerprint density at radius 3 is 2.41 bits per heavy atom. The van der Waals surface area contributed by atoms with Crippen LogP contribution in [0.4, 0.5) is 10.5 Å². The second kappa shape index (κ2) is 9.87. The van der Waals surface area contributed by atoms with Crippen molar-refractivity contribution >= 4 is 17.7 Å². The third kappa shape index (κ3) is 4.78. The Morgan fingerprint density at radius 2 is 1.72 bits per heavy atom. The maximum absolute atomic E-state index is 12.9. The van der Waals surface area contributed by atoms with Crippen molar-refractivity contribution in [3.8, 4) is 0 Å². The fourth-order valence-corrected chi connectivity index (χ4v) is 4.38. The number of esters is 1. The van der Waals surface area contributed by atoms with Crippen LogP contribution in [0.25, 0.3) is 0 Å². The van der Waals surface area contributed by atoms with Gasteiger partial charge in [-0.05, 0) is 31.0 Å². The van der Waals surface area contributed by atoms with E-state index < -0.39 is 12.0 Å². The Kier molecular flexibility index (Phi) is 6.75. The number of para-hydroxylation sites is 1.